The van der Waals surface area contributed by atoms with Crippen LogP contribution in [0.3, 0.4) is 0 Å². The van der Waals surface area contributed by atoms with Crippen molar-refractivity contribution in [3.05, 3.63) is 35.9 Å². The lowest BCUT2D eigenvalue weighted by atomic mass is 9.87. The molecule has 1 aromatic rings. The van der Waals surface area contributed by atoms with Gasteiger partial charge >= 0.3 is 5.97 Å². The Labute approximate surface area is 197 Å². The summed E-state index contributed by atoms with van der Waals surface area (Å²) in [5.41, 5.74) is 0.457. The van der Waals surface area contributed by atoms with E-state index in [1.54, 1.807) is 14.2 Å². The summed E-state index contributed by atoms with van der Waals surface area (Å²) in [5, 5.41) is 0. The van der Waals surface area contributed by atoms with Crippen LogP contribution in [0.1, 0.15) is 38.2 Å². The first-order valence-electron chi connectivity index (χ1n) is 11.3. The van der Waals surface area contributed by atoms with Crippen molar-refractivity contribution in [3.8, 4) is 0 Å². The number of benzene rings is 1. The van der Waals surface area contributed by atoms with Crippen molar-refractivity contribution in [2.24, 2.45) is 0 Å². The lowest BCUT2D eigenvalue weighted by Gasteiger charge is -2.33. The molecule has 0 aromatic heterocycles. The van der Waals surface area contributed by atoms with Gasteiger partial charge in [0.15, 0.2) is 13.6 Å². The summed E-state index contributed by atoms with van der Waals surface area (Å²) in [6, 6.07) is 10.1. The fourth-order valence-corrected chi connectivity index (χ4v) is 3.15. The largest absolute Gasteiger partial charge is 0.438 e. The molecular formula is C24H40O9. The average molecular weight is 473 g/mol. The Morgan fingerprint density at radius 3 is 2.03 bits per heavy atom. The predicted octanol–water partition coefficient (Wildman–Crippen LogP) is 3.30. The van der Waals surface area contributed by atoms with Crippen molar-refractivity contribution in [3.63, 3.8) is 0 Å². The number of hydrogen-bond acceptors (Lipinski definition) is 9. The van der Waals surface area contributed by atoms with Gasteiger partial charge in [-0.3, -0.25) is 4.79 Å². The van der Waals surface area contributed by atoms with Gasteiger partial charge in [0.1, 0.15) is 13.6 Å². The molecule has 0 aliphatic heterocycles. The van der Waals surface area contributed by atoms with E-state index in [2.05, 4.69) is 19.1 Å². The molecule has 0 aliphatic carbocycles. The molecular weight excluding hydrogens is 432 g/mol. The quantitative estimate of drug-likeness (QED) is 0.143. The second-order valence-electron chi connectivity index (χ2n) is 7.44. The normalized spacial score (nSPS) is 13.1. The third-order valence-corrected chi connectivity index (χ3v) is 4.83. The van der Waals surface area contributed by atoms with Crippen LogP contribution in [0.4, 0.5) is 0 Å². The zero-order chi connectivity index (χ0) is 24.0. The highest BCUT2D eigenvalue weighted by Crippen LogP contribution is 2.29. The Hall–Kier alpha value is -1.59. The fraction of sp³-hybridized carbons (Fsp3) is 0.708. The third kappa shape index (κ3) is 15.0. The number of carbonyl (C=O) groups excluding carboxylic acids is 1. The molecule has 33 heavy (non-hydrogen) atoms. The minimum Gasteiger partial charge on any atom is -0.438 e. The van der Waals surface area contributed by atoms with Crippen LogP contribution in [-0.4, -0.2) is 79.4 Å². The van der Waals surface area contributed by atoms with E-state index in [0.717, 1.165) is 12.8 Å². The first-order chi connectivity index (χ1) is 16.2. The zero-order valence-electron chi connectivity index (χ0n) is 20.3. The van der Waals surface area contributed by atoms with E-state index in [0.29, 0.717) is 39.3 Å². The molecule has 0 radical (unpaired) electrons. The van der Waals surface area contributed by atoms with E-state index < -0.39 is 11.6 Å². The molecule has 0 saturated carbocycles. The van der Waals surface area contributed by atoms with Crippen LogP contribution in [0, 0.1) is 0 Å². The Balaban J connectivity index is 2.58. The maximum atomic E-state index is 12.6. The molecule has 190 valence electrons. The first-order valence-corrected chi connectivity index (χ1v) is 11.3. The minimum absolute atomic E-state index is 0.0128. The van der Waals surface area contributed by atoms with Gasteiger partial charge in [0, 0.05) is 14.2 Å². The van der Waals surface area contributed by atoms with Crippen LogP contribution in [0.5, 0.6) is 0 Å². The van der Waals surface area contributed by atoms with Gasteiger partial charge in [0.25, 0.3) is 0 Å². The Morgan fingerprint density at radius 1 is 0.788 bits per heavy atom. The van der Waals surface area contributed by atoms with E-state index in [1.807, 2.05) is 18.2 Å². The zero-order valence-corrected chi connectivity index (χ0v) is 20.3. The first kappa shape index (κ1) is 29.4. The lowest BCUT2D eigenvalue weighted by Crippen LogP contribution is -2.37. The maximum Gasteiger partial charge on any atom is 0.310 e. The smallest absolute Gasteiger partial charge is 0.310 e. The van der Waals surface area contributed by atoms with Gasteiger partial charge < -0.3 is 37.9 Å². The van der Waals surface area contributed by atoms with E-state index in [4.69, 9.17) is 37.9 Å². The number of carbonyl (C=O) groups is 1. The van der Waals surface area contributed by atoms with E-state index in [9.17, 15) is 4.79 Å². The lowest BCUT2D eigenvalue weighted by molar-refractivity contribution is -0.199. The maximum absolute atomic E-state index is 12.6. The van der Waals surface area contributed by atoms with Crippen LogP contribution in [0.15, 0.2) is 30.3 Å². The second-order valence-corrected chi connectivity index (χ2v) is 7.44. The molecule has 0 fully saturated rings. The van der Waals surface area contributed by atoms with Gasteiger partial charge in [-0.05, 0) is 24.8 Å². The molecule has 1 rings (SSSR count). The summed E-state index contributed by atoms with van der Waals surface area (Å²) in [7, 11) is 3.20. The number of hydrogen-bond donors (Lipinski definition) is 0. The van der Waals surface area contributed by atoms with Crippen LogP contribution in [-0.2, 0) is 49.1 Å². The molecule has 0 aliphatic rings. The minimum atomic E-state index is -0.719. The molecule has 0 bridgehead atoms. The predicted molar refractivity (Wildman–Crippen MR) is 121 cm³/mol. The van der Waals surface area contributed by atoms with Crippen LogP contribution < -0.4 is 0 Å². The summed E-state index contributed by atoms with van der Waals surface area (Å²) >= 11 is 0. The number of esters is 1. The Morgan fingerprint density at radius 2 is 1.42 bits per heavy atom. The molecule has 9 heteroatoms. The van der Waals surface area contributed by atoms with Crippen molar-refractivity contribution in [2.45, 2.75) is 44.6 Å². The SMILES string of the molecule is CCC[C@@](CCc1ccccc1)(CC(=O)OCOCOCCOC)OCOCOCCOC. The Kier molecular flexibility index (Phi) is 17.7. The van der Waals surface area contributed by atoms with Gasteiger partial charge in [-0.2, -0.15) is 0 Å². The van der Waals surface area contributed by atoms with Gasteiger partial charge in [0.2, 0.25) is 0 Å². The summed E-state index contributed by atoms with van der Waals surface area (Å²) in [6.45, 7) is 3.81. The molecule has 0 spiro atoms. The van der Waals surface area contributed by atoms with E-state index in [-0.39, 0.29) is 33.6 Å². The molecule has 0 unspecified atom stereocenters. The molecule has 1 atom stereocenters. The van der Waals surface area contributed by atoms with E-state index >= 15 is 0 Å². The highest BCUT2D eigenvalue weighted by molar-refractivity contribution is 5.70. The van der Waals surface area contributed by atoms with Crippen LogP contribution >= 0.6 is 0 Å². The van der Waals surface area contributed by atoms with Gasteiger partial charge in [0.05, 0.1) is 38.4 Å². The molecule has 0 saturated heterocycles. The van der Waals surface area contributed by atoms with Crippen molar-refractivity contribution in [1.82, 2.24) is 0 Å². The highest BCUT2D eigenvalue weighted by Gasteiger charge is 2.34. The fourth-order valence-electron chi connectivity index (χ4n) is 3.15. The van der Waals surface area contributed by atoms with Crippen LogP contribution in [0.2, 0.25) is 0 Å². The monoisotopic (exact) mass is 472 g/mol. The van der Waals surface area contributed by atoms with E-state index in [1.165, 1.54) is 5.56 Å². The number of rotatable bonds is 22. The summed E-state index contributed by atoms with van der Waals surface area (Å²) < 4.78 is 42.3. The average Bonchev–Trinajstić information content (AvgIpc) is 2.82. The number of methoxy groups -OCH3 is 2. The molecule has 0 N–H and O–H groups in total. The van der Waals surface area contributed by atoms with Gasteiger partial charge in [-0.25, -0.2) is 0 Å². The molecule has 0 heterocycles. The van der Waals surface area contributed by atoms with Crippen molar-refractivity contribution < 1.29 is 42.7 Å². The summed E-state index contributed by atoms with van der Waals surface area (Å²) in [4.78, 5) is 12.6. The molecule has 9 nitrogen and oxygen atoms in total. The summed E-state index contributed by atoms with van der Waals surface area (Å²) in [5.74, 6) is -0.398. The number of ether oxygens (including phenoxy) is 8. The Bertz CT molecular complexity index is 585. The van der Waals surface area contributed by atoms with Crippen molar-refractivity contribution in [1.29, 1.82) is 0 Å². The van der Waals surface area contributed by atoms with Crippen molar-refractivity contribution in [2.75, 3.05) is 67.8 Å². The molecule has 1 aromatic carbocycles. The van der Waals surface area contributed by atoms with Gasteiger partial charge in [-0.15, -0.1) is 0 Å². The highest BCUT2D eigenvalue weighted by atomic mass is 16.8. The third-order valence-electron chi connectivity index (χ3n) is 4.83. The number of aryl methyl sites for hydroxylation is 1. The summed E-state index contributed by atoms with van der Waals surface area (Å²) in [6.07, 6.45) is 3.03. The van der Waals surface area contributed by atoms with Crippen molar-refractivity contribution >= 4 is 5.97 Å². The topological polar surface area (TPSA) is 90.9 Å². The standard InChI is InChI=1S/C24H40O9/c1-4-11-24(12-10-22-8-6-5-7-9-22,33-21-31-19-29-16-14-27-3)17-23(25)32-20-30-18-28-15-13-26-2/h5-9H,4,10-21H2,1-3H3/t24-/m1/s1. The molecule has 0 amide bonds. The van der Waals surface area contributed by atoms with Crippen LogP contribution in [0.25, 0.3) is 0 Å². The second kappa shape index (κ2) is 19.8. The van der Waals surface area contributed by atoms with Gasteiger partial charge in [-0.1, -0.05) is 43.7 Å².